The first kappa shape index (κ1) is 33.7. The van der Waals surface area contributed by atoms with Gasteiger partial charge >= 0.3 is 7.82 Å². The molecule has 0 aliphatic heterocycles. The van der Waals surface area contributed by atoms with Gasteiger partial charge in [-0.3, -0.25) is 9.80 Å². The second-order valence-corrected chi connectivity index (χ2v) is 9.49. The zero-order chi connectivity index (χ0) is 24.7. The molecule has 32 heavy (non-hydrogen) atoms. The van der Waals surface area contributed by atoms with Crippen molar-refractivity contribution in [2.24, 2.45) is 0 Å². The third-order valence-corrected chi connectivity index (χ3v) is 5.65. The standard InChI is InChI=1S/C24H50N2O.H3O4P/c1-5-9-10-11-12-13-14-15-16-17-18-19-20-21-22-23-24(27)26(8-4)25(6-2)7-3;1-5(2,3)4/h5-23H2,1-4H3;(H3,1,2,3,4). The van der Waals surface area contributed by atoms with Gasteiger partial charge in [-0.15, -0.1) is 0 Å². The summed E-state index contributed by atoms with van der Waals surface area (Å²) >= 11 is 0. The number of nitrogens with zero attached hydrogens (tertiary/aromatic N) is 2. The number of phosphoric acid groups is 1. The van der Waals surface area contributed by atoms with Gasteiger partial charge in [0.1, 0.15) is 0 Å². The average molecular weight is 481 g/mol. The van der Waals surface area contributed by atoms with Gasteiger partial charge in [-0.2, -0.15) is 0 Å². The van der Waals surface area contributed by atoms with Crippen LogP contribution in [0.4, 0.5) is 0 Å². The minimum atomic E-state index is -4.64. The van der Waals surface area contributed by atoms with Crippen LogP contribution in [0.3, 0.4) is 0 Å². The number of hydrogen-bond donors (Lipinski definition) is 3. The number of amides is 1. The van der Waals surface area contributed by atoms with Crippen LogP contribution in [0, 0.1) is 0 Å². The summed E-state index contributed by atoms with van der Waals surface area (Å²) < 4.78 is 8.88. The van der Waals surface area contributed by atoms with Gasteiger partial charge in [0.05, 0.1) is 0 Å². The first-order chi connectivity index (χ1) is 15.2. The van der Waals surface area contributed by atoms with Crippen molar-refractivity contribution in [3.63, 3.8) is 0 Å². The molecule has 3 N–H and O–H groups in total. The summed E-state index contributed by atoms with van der Waals surface area (Å²) in [6.45, 7) is 11.2. The highest BCUT2D eigenvalue weighted by Crippen LogP contribution is 2.25. The van der Waals surface area contributed by atoms with E-state index in [9.17, 15) is 4.79 Å². The van der Waals surface area contributed by atoms with E-state index in [1.807, 2.05) is 5.01 Å². The third-order valence-electron chi connectivity index (χ3n) is 5.65. The highest BCUT2D eigenvalue weighted by atomic mass is 31.2. The molecule has 0 aromatic heterocycles. The molecule has 0 spiro atoms. The third kappa shape index (κ3) is 25.8. The molecule has 0 unspecified atom stereocenters. The van der Waals surface area contributed by atoms with E-state index in [1.165, 1.54) is 89.9 Å². The van der Waals surface area contributed by atoms with E-state index in [4.69, 9.17) is 19.2 Å². The summed E-state index contributed by atoms with van der Waals surface area (Å²) in [5.41, 5.74) is 0. The van der Waals surface area contributed by atoms with E-state index in [1.54, 1.807) is 0 Å². The fourth-order valence-corrected chi connectivity index (χ4v) is 3.88. The van der Waals surface area contributed by atoms with Crippen LogP contribution in [0.15, 0.2) is 0 Å². The molecule has 0 aromatic carbocycles. The Bertz CT molecular complexity index is 447. The molecule has 0 aliphatic rings. The summed E-state index contributed by atoms with van der Waals surface area (Å²) in [6, 6.07) is 0. The smallest absolute Gasteiger partial charge is 0.303 e. The fourth-order valence-electron chi connectivity index (χ4n) is 3.88. The zero-order valence-corrected chi connectivity index (χ0v) is 22.3. The van der Waals surface area contributed by atoms with Gasteiger partial charge in [0.15, 0.2) is 0 Å². The van der Waals surface area contributed by atoms with Crippen molar-refractivity contribution in [3.05, 3.63) is 0 Å². The number of carbonyl (C=O) groups excluding carboxylic acids is 1. The molecule has 1 amide bonds. The first-order valence-corrected chi connectivity index (χ1v) is 14.6. The summed E-state index contributed by atoms with van der Waals surface area (Å²) in [6.07, 6.45) is 21.2. The highest BCUT2D eigenvalue weighted by molar-refractivity contribution is 7.45. The number of carbonyl (C=O) groups is 1. The average Bonchev–Trinajstić information content (AvgIpc) is 2.73. The number of unbranched alkanes of at least 4 members (excludes halogenated alkanes) is 14. The molecule has 0 rings (SSSR count). The van der Waals surface area contributed by atoms with E-state index < -0.39 is 7.82 Å². The van der Waals surface area contributed by atoms with E-state index in [2.05, 4.69) is 32.7 Å². The van der Waals surface area contributed by atoms with Gasteiger partial charge in [0.25, 0.3) is 0 Å². The van der Waals surface area contributed by atoms with Crippen LogP contribution in [0.1, 0.15) is 130 Å². The van der Waals surface area contributed by atoms with Gasteiger partial charge in [-0.05, 0) is 13.3 Å². The monoisotopic (exact) mass is 480 g/mol. The molecule has 0 bridgehead atoms. The lowest BCUT2D eigenvalue weighted by molar-refractivity contribution is -0.148. The topological polar surface area (TPSA) is 101 Å². The van der Waals surface area contributed by atoms with Crippen LogP contribution in [-0.4, -0.2) is 50.2 Å². The molecular weight excluding hydrogens is 427 g/mol. The van der Waals surface area contributed by atoms with Crippen LogP contribution in [0.5, 0.6) is 0 Å². The maximum Gasteiger partial charge on any atom is 0.466 e. The minimum Gasteiger partial charge on any atom is -0.303 e. The molecule has 0 fully saturated rings. The quantitative estimate of drug-likeness (QED) is 0.105. The Hall–Kier alpha value is -0.460. The van der Waals surface area contributed by atoms with Gasteiger partial charge in [-0.25, -0.2) is 9.57 Å². The second kappa shape index (κ2) is 23.7. The lowest BCUT2D eigenvalue weighted by Crippen LogP contribution is -2.46. The maximum absolute atomic E-state index is 12.4. The van der Waals surface area contributed by atoms with Crippen LogP contribution in [0.2, 0.25) is 0 Å². The Labute approximate surface area is 198 Å². The van der Waals surface area contributed by atoms with Crippen molar-refractivity contribution < 1.29 is 24.0 Å². The van der Waals surface area contributed by atoms with Crippen LogP contribution >= 0.6 is 7.82 Å². The Balaban J connectivity index is 0. The number of hydrazine groups is 1. The van der Waals surface area contributed by atoms with Crippen molar-refractivity contribution in [1.82, 2.24) is 10.0 Å². The predicted molar refractivity (Wildman–Crippen MR) is 134 cm³/mol. The minimum absolute atomic E-state index is 0.302. The van der Waals surface area contributed by atoms with Crippen LogP contribution in [-0.2, 0) is 9.36 Å². The predicted octanol–water partition coefficient (Wildman–Crippen LogP) is 6.42. The Morgan fingerprint density at radius 2 is 0.906 bits per heavy atom. The summed E-state index contributed by atoms with van der Waals surface area (Å²) in [7, 11) is -4.64. The summed E-state index contributed by atoms with van der Waals surface area (Å²) in [5.74, 6) is 0.302. The lowest BCUT2D eigenvalue weighted by Gasteiger charge is -2.32. The maximum atomic E-state index is 12.4. The van der Waals surface area contributed by atoms with Gasteiger partial charge < -0.3 is 14.7 Å². The van der Waals surface area contributed by atoms with Crippen LogP contribution in [0.25, 0.3) is 0 Å². The van der Waals surface area contributed by atoms with E-state index in [0.29, 0.717) is 12.3 Å². The van der Waals surface area contributed by atoms with Crippen molar-refractivity contribution in [2.75, 3.05) is 19.6 Å². The van der Waals surface area contributed by atoms with E-state index in [-0.39, 0.29) is 0 Å². The molecule has 0 heterocycles. The summed E-state index contributed by atoms with van der Waals surface area (Å²) in [4.78, 5) is 33.9. The molecule has 7 nitrogen and oxygen atoms in total. The molecule has 0 radical (unpaired) electrons. The molecule has 8 heteroatoms. The van der Waals surface area contributed by atoms with E-state index in [0.717, 1.165) is 26.1 Å². The Morgan fingerprint density at radius 1 is 0.594 bits per heavy atom. The summed E-state index contributed by atoms with van der Waals surface area (Å²) in [5, 5.41) is 4.08. The van der Waals surface area contributed by atoms with Crippen molar-refractivity contribution in [3.8, 4) is 0 Å². The largest absolute Gasteiger partial charge is 0.466 e. The van der Waals surface area contributed by atoms with Crippen LogP contribution < -0.4 is 0 Å². The SMILES string of the molecule is CCCCCCCCCCCCCCCCCC(=O)N(CC)N(CC)CC.O=P(O)(O)O. The number of rotatable bonds is 20. The Morgan fingerprint density at radius 3 is 1.19 bits per heavy atom. The normalized spacial score (nSPS) is 11.4. The van der Waals surface area contributed by atoms with E-state index >= 15 is 0 Å². The molecule has 0 saturated heterocycles. The second-order valence-electron chi connectivity index (χ2n) is 8.46. The molecule has 0 aromatic rings. The van der Waals surface area contributed by atoms with Crippen molar-refractivity contribution >= 4 is 13.7 Å². The van der Waals surface area contributed by atoms with Gasteiger partial charge in [-0.1, -0.05) is 111 Å². The molecule has 0 aliphatic carbocycles. The van der Waals surface area contributed by atoms with Gasteiger partial charge in [0.2, 0.25) is 5.91 Å². The highest BCUT2D eigenvalue weighted by Gasteiger charge is 2.16. The molecular formula is C24H53N2O5P. The Kier molecular flexibility index (Phi) is 25.0. The van der Waals surface area contributed by atoms with Crippen molar-refractivity contribution in [1.29, 1.82) is 0 Å². The molecule has 194 valence electrons. The fraction of sp³-hybridized carbons (Fsp3) is 0.958. The molecule has 0 saturated carbocycles. The van der Waals surface area contributed by atoms with Gasteiger partial charge in [0, 0.05) is 26.1 Å². The lowest BCUT2D eigenvalue weighted by atomic mass is 10.0. The first-order valence-electron chi connectivity index (χ1n) is 13.0. The number of hydrogen-bond acceptors (Lipinski definition) is 3. The van der Waals surface area contributed by atoms with Crippen molar-refractivity contribution in [2.45, 2.75) is 130 Å². The molecule has 0 atom stereocenters. The zero-order valence-electron chi connectivity index (χ0n) is 21.4.